The fourth-order valence-corrected chi connectivity index (χ4v) is 4.80. The number of imide groups is 1. The summed E-state index contributed by atoms with van der Waals surface area (Å²) in [5.74, 6) is -0.631. The maximum atomic E-state index is 13.9. The number of benzene rings is 3. The molecule has 3 aromatic carbocycles. The number of nitrogens with zero attached hydrogens (tertiary/aromatic N) is 2. The molecule has 32 heavy (non-hydrogen) atoms. The summed E-state index contributed by atoms with van der Waals surface area (Å²) in [6, 6.07) is 20.5. The maximum absolute atomic E-state index is 13.9. The lowest BCUT2D eigenvalue weighted by Crippen LogP contribution is -2.47. The zero-order valence-corrected chi connectivity index (χ0v) is 18.7. The van der Waals surface area contributed by atoms with Crippen LogP contribution in [0, 0.1) is 0 Å². The van der Waals surface area contributed by atoms with E-state index in [0.717, 1.165) is 10.8 Å². The van der Waals surface area contributed by atoms with Gasteiger partial charge < -0.3 is 9.64 Å². The third-order valence-corrected chi connectivity index (χ3v) is 6.19. The standard InChI is InChI=1S/C26H23ClN2O3/c1-16-14-28(15-17(2)32-16)24-23(19-10-12-20(27)13-11-19)25(30)29(26(24)31)22-9-5-7-18-6-3-4-8-21(18)22/h3-13,16-17H,14-15H2,1-2H3. The van der Waals surface area contributed by atoms with Crippen molar-refractivity contribution in [1.29, 1.82) is 0 Å². The second-order valence-corrected chi connectivity index (χ2v) is 8.77. The van der Waals surface area contributed by atoms with Crippen LogP contribution in [0.5, 0.6) is 0 Å². The first-order chi connectivity index (χ1) is 15.4. The number of halogens is 1. The van der Waals surface area contributed by atoms with Gasteiger partial charge in [0.15, 0.2) is 0 Å². The number of hydrogen-bond donors (Lipinski definition) is 0. The molecule has 0 spiro atoms. The maximum Gasteiger partial charge on any atom is 0.282 e. The van der Waals surface area contributed by atoms with E-state index in [-0.39, 0.29) is 24.0 Å². The van der Waals surface area contributed by atoms with E-state index in [9.17, 15) is 9.59 Å². The Morgan fingerprint density at radius 3 is 2.22 bits per heavy atom. The molecule has 2 atom stereocenters. The molecule has 0 aliphatic carbocycles. The predicted octanol–water partition coefficient (Wildman–Crippen LogP) is 4.89. The number of morpholine rings is 1. The molecule has 2 aliphatic rings. The van der Waals surface area contributed by atoms with Gasteiger partial charge in [0.05, 0.1) is 23.5 Å². The topological polar surface area (TPSA) is 49.9 Å². The van der Waals surface area contributed by atoms with E-state index >= 15 is 0 Å². The van der Waals surface area contributed by atoms with E-state index in [2.05, 4.69) is 0 Å². The molecule has 0 aromatic heterocycles. The molecule has 0 N–H and O–H groups in total. The summed E-state index contributed by atoms with van der Waals surface area (Å²) >= 11 is 6.09. The van der Waals surface area contributed by atoms with Crippen LogP contribution in [-0.4, -0.2) is 42.0 Å². The van der Waals surface area contributed by atoms with Gasteiger partial charge in [-0.2, -0.15) is 0 Å². The van der Waals surface area contributed by atoms with Crippen LogP contribution in [0.15, 0.2) is 72.4 Å². The van der Waals surface area contributed by atoms with Gasteiger partial charge in [-0.3, -0.25) is 9.59 Å². The molecule has 3 aromatic rings. The fraction of sp³-hybridized carbons (Fsp3) is 0.231. The molecule has 6 heteroatoms. The molecule has 2 amide bonds. The lowest BCUT2D eigenvalue weighted by molar-refractivity contribution is -0.121. The van der Waals surface area contributed by atoms with Crippen molar-refractivity contribution in [3.63, 3.8) is 0 Å². The molecule has 162 valence electrons. The van der Waals surface area contributed by atoms with E-state index < -0.39 is 0 Å². The van der Waals surface area contributed by atoms with Gasteiger partial charge in [0, 0.05) is 23.5 Å². The molecule has 2 aliphatic heterocycles. The minimum Gasteiger partial charge on any atom is -0.372 e. The first-order valence-corrected chi connectivity index (χ1v) is 11.1. The van der Waals surface area contributed by atoms with Gasteiger partial charge in [0.1, 0.15) is 5.70 Å². The molecular weight excluding hydrogens is 424 g/mol. The lowest BCUT2D eigenvalue weighted by Gasteiger charge is -2.37. The van der Waals surface area contributed by atoms with Crippen LogP contribution in [0.3, 0.4) is 0 Å². The highest BCUT2D eigenvalue weighted by atomic mass is 35.5. The monoisotopic (exact) mass is 446 g/mol. The van der Waals surface area contributed by atoms with Crippen molar-refractivity contribution >= 4 is 45.4 Å². The number of fused-ring (bicyclic) bond motifs is 1. The molecule has 5 rings (SSSR count). The van der Waals surface area contributed by atoms with Crippen molar-refractivity contribution < 1.29 is 14.3 Å². The Morgan fingerprint density at radius 2 is 1.50 bits per heavy atom. The number of ether oxygens (including phenoxy) is 1. The normalized spacial score (nSPS) is 21.7. The molecule has 0 radical (unpaired) electrons. The molecular formula is C26H23ClN2O3. The van der Waals surface area contributed by atoms with Gasteiger partial charge in [0.25, 0.3) is 11.8 Å². The summed E-state index contributed by atoms with van der Waals surface area (Å²) in [5.41, 5.74) is 2.10. The average molecular weight is 447 g/mol. The minimum atomic E-state index is -0.324. The SMILES string of the molecule is CC1CN(C2=C(c3ccc(Cl)cc3)C(=O)N(c3cccc4ccccc34)C2=O)CC(C)O1. The van der Waals surface area contributed by atoms with Gasteiger partial charge in [-0.25, -0.2) is 4.90 Å². The Morgan fingerprint density at radius 1 is 0.844 bits per heavy atom. The zero-order valence-electron chi connectivity index (χ0n) is 17.9. The second kappa shape index (κ2) is 8.08. The smallest absolute Gasteiger partial charge is 0.282 e. The van der Waals surface area contributed by atoms with Crippen molar-refractivity contribution in [3.8, 4) is 0 Å². The van der Waals surface area contributed by atoms with E-state index in [1.165, 1.54) is 4.90 Å². The number of anilines is 1. The Kier molecular flexibility index (Phi) is 5.24. The Balaban J connectivity index is 1.67. The second-order valence-electron chi connectivity index (χ2n) is 8.34. The summed E-state index contributed by atoms with van der Waals surface area (Å²) < 4.78 is 5.87. The molecule has 1 saturated heterocycles. The van der Waals surface area contributed by atoms with Gasteiger partial charge in [-0.15, -0.1) is 0 Å². The molecule has 0 bridgehead atoms. The van der Waals surface area contributed by atoms with E-state index in [0.29, 0.717) is 40.6 Å². The Bertz CT molecular complexity index is 1240. The van der Waals surface area contributed by atoms with Crippen LogP contribution in [0.25, 0.3) is 16.3 Å². The van der Waals surface area contributed by atoms with E-state index in [1.807, 2.05) is 61.2 Å². The largest absolute Gasteiger partial charge is 0.372 e. The Labute approximate surface area is 191 Å². The molecule has 1 fully saturated rings. The number of hydrogen-bond acceptors (Lipinski definition) is 4. The van der Waals surface area contributed by atoms with E-state index in [4.69, 9.17) is 16.3 Å². The average Bonchev–Trinajstić information content (AvgIpc) is 3.03. The van der Waals surface area contributed by atoms with Crippen LogP contribution < -0.4 is 4.90 Å². The molecule has 5 nitrogen and oxygen atoms in total. The number of rotatable bonds is 3. The van der Waals surface area contributed by atoms with Crippen molar-refractivity contribution in [3.05, 3.63) is 83.0 Å². The van der Waals surface area contributed by atoms with Crippen LogP contribution in [0.2, 0.25) is 5.02 Å². The summed E-state index contributed by atoms with van der Waals surface area (Å²) in [7, 11) is 0. The summed E-state index contributed by atoms with van der Waals surface area (Å²) in [5, 5.41) is 2.41. The minimum absolute atomic E-state index is 0.0489. The summed E-state index contributed by atoms with van der Waals surface area (Å²) in [4.78, 5) is 31.0. The van der Waals surface area contributed by atoms with Crippen molar-refractivity contribution in [1.82, 2.24) is 4.90 Å². The number of carbonyl (C=O) groups excluding carboxylic acids is 2. The molecule has 2 unspecified atom stereocenters. The zero-order chi connectivity index (χ0) is 22.4. The molecule has 0 saturated carbocycles. The number of amides is 2. The molecule has 2 heterocycles. The van der Waals surface area contributed by atoms with E-state index in [1.54, 1.807) is 24.3 Å². The van der Waals surface area contributed by atoms with Crippen molar-refractivity contribution in [2.45, 2.75) is 26.1 Å². The Hall–Kier alpha value is -3.15. The number of carbonyl (C=O) groups is 2. The highest BCUT2D eigenvalue weighted by Gasteiger charge is 2.44. The van der Waals surface area contributed by atoms with Crippen molar-refractivity contribution in [2.75, 3.05) is 18.0 Å². The summed E-state index contributed by atoms with van der Waals surface area (Å²) in [6.07, 6.45) is -0.0977. The van der Waals surface area contributed by atoms with Crippen LogP contribution in [-0.2, 0) is 14.3 Å². The van der Waals surface area contributed by atoms with Crippen LogP contribution >= 0.6 is 11.6 Å². The quantitative estimate of drug-likeness (QED) is 0.538. The van der Waals surface area contributed by atoms with Gasteiger partial charge in [-0.1, -0.05) is 60.1 Å². The third-order valence-electron chi connectivity index (χ3n) is 5.94. The van der Waals surface area contributed by atoms with Gasteiger partial charge in [-0.05, 0) is 43.0 Å². The van der Waals surface area contributed by atoms with Crippen LogP contribution in [0.4, 0.5) is 5.69 Å². The first kappa shape index (κ1) is 20.7. The highest BCUT2D eigenvalue weighted by molar-refractivity contribution is 6.46. The third kappa shape index (κ3) is 3.48. The fourth-order valence-electron chi connectivity index (χ4n) is 4.67. The van der Waals surface area contributed by atoms with Gasteiger partial charge in [0.2, 0.25) is 0 Å². The highest BCUT2D eigenvalue weighted by Crippen LogP contribution is 2.38. The summed E-state index contributed by atoms with van der Waals surface area (Å²) in [6.45, 7) is 5.04. The van der Waals surface area contributed by atoms with Gasteiger partial charge >= 0.3 is 0 Å². The van der Waals surface area contributed by atoms with Crippen LogP contribution in [0.1, 0.15) is 19.4 Å². The van der Waals surface area contributed by atoms with Crippen molar-refractivity contribution in [2.24, 2.45) is 0 Å². The first-order valence-electron chi connectivity index (χ1n) is 10.7. The predicted molar refractivity (Wildman–Crippen MR) is 126 cm³/mol. The lowest BCUT2D eigenvalue weighted by atomic mass is 10.0.